The second kappa shape index (κ2) is 4.52. The largest absolute Gasteiger partial charge is 0.398 e. The molecule has 3 nitrogen and oxygen atoms in total. The Kier molecular flexibility index (Phi) is 3.26. The molecule has 1 saturated heterocycles. The molecule has 0 aliphatic carbocycles. The summed E-state index contributed by atoms with van der Waals surface area (Å²) in [6.07, 6.45) is 2.16. The average Bonchev–Trinajstić information content (AvgIpc) is 2.71. The molecule has 1 atom stereocenters. The van der Waals surface area contributed by atoms with Crippen LogP contribution in [0.3, 0.4) is 0 Å². The molecule has 1 aromatic carbocycles. The summed E-state index contributed by atoms with van der Waals surface area (Å²) in [5.41, 5.74) is 8.58. The van der Waals surface area contributed by atoms with Gasteiger partial charge in [-0.05, 0) is 37.5 Å². The van der Waals surface area contributed by atoms with Crippen LogP contribution in [-0.2, 0) is 0 Å². The summed E-state index contributed by atoms with van der Waals surface area (Å²) in [5.74, 6) is 0. The summed E-state index contributed by atoms with van der Waals surface area (Å²) < 4.78 is 0. The average molecular weight is 241 g/mol. The van der Waals surface area contributed by atoms with Gasteiger partial charge in [-0.15, -0.1) is 0 Å². The van der Waals surface area contributed by atoms with Crippen LogP contribution in [0.25, 0.3) is 0 Å². The predicted molar refractivity (Wildman–Crippen MR) is 68.1 cm³/mol. The molecule has 0 amide bonds. The Balaban J connectivity index is 2.36. The molecule has 0 spiro atoms. The number of nitrogens with zero attached hydrogens (tertiary/aromatic N) is 1. The third kappa shape index (κ3) is 1.97. The van der Waals surface area contributed by atoms with Gasteiger partial charge in [0.15, 0.2) is 0 Å². The van der Waals surface area contributed by atoms with Crippen molar-refractivity contribution in [3.63, 3.8) is 0 Å². The van der Waals surface area contributed by atoms with Crippen molar-refractivity contribution >= 4 is 23.0 Å². The Hall–Kier alpha value is -0.930. The van der Waals surface area contributed by atoms with Gasteiger partial charge in [-0.3, -0.25) is 0 Å². The molecule has 1 aliphatic heterocycles. The highest BCUT2D eigenvalue weighted by atomic mass is 35.5. The number of rotatable bonds is 2. The molecule has 88 valence electrons. The SMILES string of the molecule is Cc1cc(N)c(Cl)cc1N1CCCC1CO. The van der Waals surface area contributed by atoms with Crippen LogP contribution in [0, 0.1) is 6.92 Å². The number of hydrogen-bond donors (Lipinski definition) is 2. The van der Waals surface area contributed by atoms with Crippen LogP contribution in [0.15, 0.2) is 12.1 Å². The fourth-order valence-corrected chi connectivity index (χ4v) is 2.50. The summed E-state index contributed by atoms with van der Waals surface area (Å²) in [6, 6.07) is 4.02. The van der Waals surface area contributed by atoms with Gasteiger partial charge in [-0.2, -0.15) is 0 Å². The van der Waals surface area contributed by atoms with Crippen molar-refractivity contribution < 1.29 is 5.11 Å². The lowest BCUT2D eigenvalue weighted by atomic mass is 10.1. The monoisotopic (exact) mass is 240 g/mol. The van der Waals surface area contributed by atoms with Gasteiger partial charge in [0, 0.05) is 12.2 Å². The number of aliphatic hydroxyl groups excluding tert-OH is 1. The maximum absolute atomic E-state index is 9.31. The molecular formula is C12H17ClN2O. The molecule has 4 heteroatoms. The van der Waals surface area contributed by atoms with Gasteiger partial charge in [0.2, 0.25) is 0 Å². The summed E-state index contributed by atoms with van der Waals surface area (Å²) in [5, 5.41) is 9.90. The van der Waals surface area contributed by atoms with Gasteiger partial charge in [0.1, 0.15) is 0 Å². The molecule has 1 aromatic rings. The van der Waals surface area contributed by atoms with E-state index in [1.54, 1.807) is 0 Å². The highest BCUT2D eigenvalue weighted by Crippen LogP contribution is 2.33. The van der Waals surface area contributed by atoms with Crippen LogP contribution in [0.1, 0.15) is 18.4 Å². The summed E-state index contributed by atoms with van der Waals surface area (Å²) >= 11 is 6.04. The minimum atomic E-state index is 0.196. The van der Waals surface area contributed by atoms with E-state index < -0.39 is 0 Å². The van der Waals surface area contributed by atoms with Gasteiger partial charge < -0.3 is 15.7 Å². The molecule has 3 N–H and O–H groups in total. The number of aliphatic hydroxyl groups is 1. The molecule has 0 saturated carbocycles. The van der Waals surface area contributed by atoms with Crippen molar-refractivity contribution in [2.75, 3.05) is 23.8 Å². The number of benzene rings is 1. The molecule has 1 unspecified atom stereocenters. The third-order valence-corrected chi connectivity index (χ3v) is 3.54. The smallest absolute Gasteiger partial charge is 0.0656 e. The van der Waals surface area contributed by atoms with E-state index in [1.165, 1.54) is 0 Å². The first-order valence-corrected chi connectivity index (χ1v) is 5.94. The topological polar surface area (TPSA) is 49.5 Å². The molecule has 16 heavy (non-hydrogen) atoms. The molecule has 0 aromatic heterocycles. The molecule has 0 bridgehead atoms. The van der Waals surface area contributed by atoms with E-state index in [2.05, 4.69) is 4.90 Å². The summed E-state index contributed by atoms with van der Waals surface area (Å²) in [6.45, 7) is 3.20. The lowest BCUT2D eigenvalue weighted by Gasteiger charge is -2.27. The van der Waals surface area contributed by atoms with Crippen LogP contribution >= 0.6 is 11.6 Å². The van der Waals surface area contributed by atoms with Crippen molar-refractivity contribution in [3.8, 4) is 0 Å². The first kappa shape index (κ1) is 11.6. The number of aryl methyl sites for hydroxylation is 1. The number of nitrogen functional groups attached to an aromatic ring is 1. The van der Waals surface area contributed by atoms with Crippen molar-refractivity contribution in [1.29, 1.82) is 0 Å². The first-order valence-electron chi connectivity index (χ1n) is 5.56. The van der Waals surface area contributed by atoms with E-state index >= 15 is 0 Å². The van der Waals surface area contributed by atoms with Crippen molar-refractivity contribution in [1.82, 2.24) is 0 Å². The normalized spacial score (nSPS) is 20.4. The highest BCUT2D eigenvalue weighted by molar-refractivity contribution is 6.33. The van der Waals surface area contributed by atoms with E-state index in [0.29, 0.717) is 10.7 Å². The number of nitrogens with two attached hydrogens (primary N) is 1. The van der Waals surface area contributed by atoms with Gasteiger partial charge in [0.05, 0.1) is 23.4 Å². The molecule has 1 heterocycles. The van der Waals surface area contributed by atoms with Crippen molar-refractivity contribution in [2.24, 2.45) is 0 Å². The van der Waals surface area contributed by atoms with Crippen molar-refractivity contribution in [2.45, 2.75) is 25.8 Å². The first-order chi connectivity index (χ1) is 7.63. The van der Waals surface area contributed by atoms with Crippen LogP contribution in [0.5, 0.6) is 0 Å². The van der Waals surface area contributed by atoms with Crippen LogP contribution in [0.2, 0.25) is 5.02 Å². The Morgan fingerprint density at radius 1 is 1.56 bits per heavy atom. The molecular weight excluding hydrogens is 224 g/mol. The fraction of sp³-hybridized carbons (Fsp3) is 0.500. The maximum atomic E-state index is 9.31. The van der Waals surface area contributed by atoms with E-state index in [9.17, 15) is 5.11 Å². The van der Waals surface area contributed by atoms with Crippen LogP contribution in [-0.4, -0.2) is 24.3 Å². The van der Waals surface area contributed by atoms with Gasteiger partial charge in [0.25, 0.3) is 0 Å². The molecule has 1 fully saturated rings. The Bertz CT molecular complexity index is 395. The molecule has 2 rings (SSSR count). The zero-order chi connectivity index (χ0) is 11.7. The Morgan fingerprint density at radius 3 is 3.00 bits per heavy atom. The fourth-order valence-electron chi connectivity index (χ4n) is 2.35. The van der Waals surface area contributed by atoms with Gasteiger partial charge in [-0.1, -0.05) is 11.6 Å². The zero-order valence-corrected chi connectivity index (χ0v) is 10.2. The van der Waals surface area contributed by atoms with E-state index in [-0.39, 0.29) is 12.6 Å². The lowest BCUT2D eigenvalue weighted by Crippen LogP contribution is -2.32. The van der Waals surface area contributed by atoms with Gasteiger partial charge >= 0.3 is 0 Å². The third-order valence-electron chi connectivity index (χ3n) is 3.21. The van der Waals surface area contributed by atoms with Crippen molar-refractivity contribution in [3.05, 3.63) is 22.7 Å². The Labute approximate surface area is 101 Å². The van der Waals surface area contributed by atoms with E-state index in [4.69, 9.17) is 17.3 Å². The summed E-state index contributed by atoms with van der Waals surface area (Å²) in [7, 11) is 0. The second-order valence-electron chi connectivity index (χ2n) is 4.33. The van der Waals surface area contributed by atoms with E-state index in [1.807, 2.05) is 19.1 Å². The van der Waals surface area contributed by atoms with E-state index in [0.717, 1.165) is 30.6 Å². The second-order valence-corrected chi connectivity index (χ2v) is 4.74. The quantitative estimate of drug-likeness (QED) is 0.780. The molecule has 0 radical (unpaired) electrons. The number of hydrogen-bond acceptors (Lipinski definition) is 3. The zero-order valence-electron chi connectivity index (χ0n) is 9.41. The number of anilines is 2. The standard InChI is InChI=1S/C12H17ClN2O/c1-8-5-11(14)10(13)6-12(8)15-4-2-3-9(15)7-16/h5-6,9,16H,2-4,7,14H2,1H3. The van der Waals surface area contributed by atoms with Gasteiger partial charge in [-0.25, -0.2) is 0 Å². The van der Waals surface area contributed by atoms with Crippen LogP contribution in [0.4, 0.5) is 11.4 Å². The Morgan fingerprint density at radius 2 is 2.31 bits per heavy atom. The highest BCUT2D eigenvalue weighted by Gasteiger charge is 2.25. The minimum Gasteiger partial charge on any atom is -0.398 e. The maximum Gasteiger partial charge on any atom is 0.0656 e. The molecule has 1 aliphatic rings. The lowest BCUT2D eigenvalue weighted by molar-refractivity contribution is 0.266. The predicted octanol–water partition coefficient (Wildman–Crippen LogP) is 2.19. The summed E-state index contributed by atoms with van der Waals surface area (Å²) in [4.78, 5) is 2.22. The number of halogens is 1. The van der Waals surface area contributed by atoms with Crippen LogP contribution < -0.4 is 10.6 Å². The minimum absolute atomic E-state index is 0.196.